The minimum absolute atomic E-state index is 0.0912. The number of nitrogens with zero attached hydrogens (tertiary/aromatic N) is 1. The summed E-state index contributed by atoms with van der Waals surface area (Å²) in [5.74, 6) is -1.02. The van der Waals surface area contributed by atoms with E-state index in [1.807, 2.05) is 42.5 Å². The fourth-order valence-electron chi connectivity index (χ4n) is 3.20. The van der Waals surface area contributed by atoms with Crippen molar-refractivity contribution >= 4 is 23.8 Å². The van der Waals surface area contributed by atoms with E-state index in [4.69, 9.17) is 9.84 Å². The molecule has 3 rings (SSSR count). The van der Waals surface area contributed by atoms with Gasteiger partial charge in [0.1, 0.15) is 6.10 Å². The number of piperidine rings is 1. The molecule has 0 bridgehead atoms. The first-order valence-corrected chi connectivity index (χ1v) is 9.28. The Kier molecular flexibility index (Phi) is 6.45. The molecule has 146 valence electrons. The Morgan fingerprint density at radius 3 is 2.54 bits per heavy atom. The van der Waals surface area contributed by atoms with Crippen LogP contribution in [0, 0.1) is 0 Å². The number of hydrogen-bond acceptors (Lipinski definition) is 4. The summed E-state index contributed by atoms with van der Waals surface area (Å²) in [5, 5.41) is 11.7. The van der Waals surface area contributed by atoms with Gasteiger partial charge in [-0.1, -0.05) is 42.5 Å². The van der Waals surface area contributed by atoms with E-state index in [-0.39, 0.29) is 6.10 Å². The lowest BCUT2D eigenvalue weighted by atomic mass is 10.0. The average Bonchev–Trinajstić information content (AvgIpc) is 2.69. The lowest BCUT2D eigenvalue weighted by Gasteiger charge is -2.28. The van der Waals surface area contributed by atoms with E-state index < -0.39 is 12.1 Å². The van der Waals surface area contributed by atoms with E-state index in [1.165, 1.54) is 6.08 Å². The van der Waals surface area contributed by atoms with Crippen LogP contribution in [0.3, 0.4) is 0 Å². The zero-order chi connectivity index (χ0) is 19.9. The summed E-state index contributed by atoms with van der Waals surface area (Å²) in [5.41, 5.74) is 3.05. The van der Waals surface area contributed by atoms with E-state index >= 15 is 0 Å². The molecule has 2 aromatic rings. The number of rotatable bonds is 5. The number of carboxylic acids is 1. The Bertz CT molecular complexity index is 856. The molecule has 1 saturated heterocycles. The van der Waals surface area contributed by atoms with E-state index in [9.17, 15) is 9.59 Å². The molecule has 6 heteroatoms. The van der Waals surface area contributed by atoms with E-state index in [1.54, 1.807) is 6.07 Å². The van der Waals surface area contributed by atoms with Gasteiger partial charge >= 0.3 is 12.1 Å². The van der Waals surface area contributed by atoms with Crippen molar-refractivity contribution in [3.8, 4) is 11.1 Å². The van der Waals surface area contributed by atoms with Crippen LogP contribution in [0.15, 0.2) is 54.6 Å². The largest absolute Gasteiger partial charge is 0.478 e. The third-order valence-corrected chi connectivity index (χ3v) is 4.72. The van der Waals surface area contributed by atoms with Gasteiger partial charge in [0, 0.05) is 24.7 Å². The van der Waals surface area contributed by atoms with Gasteiger partial charge in [0.15, 0.2) is 0 Å². The van der Waals surface area contributed by atoms with Gasteiger partial charge in [0.05, 0.1) is 5.69 Å². The van der Waals surface area contributed by atoms with Crippen LogP contribution in [0.2, 0.25) is 0 Å². The number of likely N-dealkylation sites (tertiary alicyclic amines) is 1. The van der Waals surface area contributed by atoms with Crippen molar-refractivity contribution in [3.05, 3.63) is 60.2 Å². The highest BCUT2D eigenvalue weighted by molar-refractivity contribution is 5.93. The summed E-state index contributed by atoms with van der Waals surface area (Å²) in [6.07, 6.45) is 3.61. The SMILES string of the molecule is CN1CCC(OC(=O)Nc2cc(C=CC(=O)O)ccc2-c2ccccc2)CC1. The number of hydrogen-bond donors (Lipinski definition) is 2. The number of carbonyl (C=O) groups is 2. The monoisotopic (exact) mass is 380 g/mol. The van der Waals surface area contributed by atoms with Gasteiger partial charge in [-0.05, 0) is 43.2 Å². The van der Waals surface area contributed by atoms with Gasteiger partial charge in [0.25, 0.3) is 0 Å². The van der Waals surface area contributed by atoms with Crippen molar-refractivity contribution in [1.29, 1.82) is 0 Å². The molecule has 28 heavy (non-hydrogen) atoms. The van der Waals surface area contributed by atoms with Crippen LogP contribution in [0.5, 0.6) is 0 Å². The average molecular weight is 380 g/mol. The number of amides is 1. The fraction of sp³-hybridized carbons (Fsp3) is 0.273. The minimum Gasteiger partial charge on any atom is -0.478 e. The zero-order valence-corrected chi connectivity index (χ0v) is 15.8. The van der Waals surface area contributed by atoms with E-state index in [0.717, 1.165) is 43.1 Å². The Morgan fingerprint density at radius 1 is 1.14 bits per heavy atom. The first-order chi connectivity index (χ1) is 13.5. The van der Waals surface area contributed by atoms with Crippen molar-refractivity contribution in [2.75, 3.05) is 25.5 Å². The van der Waals surface area contributed by atoms with Crippen molar-refractivity contribution in [1.82, 2.24) is 4.90 Å². The highest BCUT2D eigenvalue weighted by atomic mass is 16.6. The first kappa shape index (κ1) is 19.6. The number of carboxylic acid groups (broad SMARTS) is 1. The number of aliphatic carboxylic acids is 1. The Balaban J connectivity index is 1.80. The van der Waals surface area contributed by atoms with E-state index in [0.29, 0.717) is 11.3 Å². The van der Waals surface area contributed by atoms with Gasteiger partial charge in [-0.2, -0.15) is 0 Å². The Hall–Kier alpha value is -3.12. The molecule has 2 N–H and O–H groups in total. The molecule has 1 aliphatic rings. The van der Waals surface area contributed by atoms with Gasteiger partial charge in [-0.3, -0.25) is 5.32 Å². The number of ether oxygens (including phenoxy) is 1. The molecule has 1 aliphatic heterocycles. The maximum atomic E-state index is 12.5. The second kappa shape index (κ2) is 9.19. The first-order valence-electron chi connectivity index (χ1n) is 9.28. The molecule has 0 atom stereocenters. The molecule has 2 aromatic carbocycles. The number of carbonyl (C=O) groups excluding carboxylic acids is 1. The zero-order valence-electron chi connectivity index (χ0n) is 15.8. The number of benzene rings is 2. The predicted octanol–water partition coefficient (Wildman–Crippen LogP) is 4.09. The topological polar surface area (TPSA) is 78.9 Å². The molecule has 1 amide bonds. The predicted molar refractivity (Wildman–Crippen MR) is 109 cm³/mol. The normalized spacial score (nSPS) is 15.5. The second-order valence-electron chi connectivity index (χ2n) is 6.88. The quantitative estimate of drug-likeness (QED) is 0.764. The smallest absolute Gasteiger partial charge is 0.411 e. The van der Waals surface area contributed by atoms with Crippen molar-refractivity contribution in [3.63, 3.8) is 0 Å². The highest BCUT2D eigenvalue weighted by Gasteiger charge is 2.21. The molecule has 0 spiro atoms. The van der Waals surface area contributed by atoms with Gasteiger partial charge in [0.2, 0.25) is 0 Å². The molecule has 1 heterocycles. The lowest BCUT2D eigenvalue weighted by Crippen LogP contribution is -2.36. The van der Waals surface area contributed by atoms with Crippen molar-refractivity contribution < 1.29 is 19.4 Å². The van der Waals surface area contributed by atoms with Crippen LogP contribution in [-0.2, 0) is 9.53 Å². The number of anilines is 1. The molecule has 0 aliphatic carbocycles. The van der Waals surface area contributed by atoms with Crippen LogP contribution in [0.4, 0.5) is 10.5 Å². The van der Waals surface area contributed by atoms with E-state index in [2.05, 4.69) is 17.3 Å². The summed E-state index contributed by atoms with van der Waals surface area (Å²) in [7, 11) is 2.05. The maximum Gasteiger partial charge on any atom is 0.411 e. The van der Waals surface area contributed by atoms with Crippen LogP contribution >= 0.6 is 0 Å². The second-order valence-corrected chi connectivity index (χ2v) is 6.88. The standard InChI is InChI=1S/C22H24N2O4/c1-24-13-11-18(12-14-24)28-22(27)23-20-15-16(8-10-21(25)26)7-9-19(20)17-5-3-2-4-6-17/h2-10,15,18H,11-14H2,1H3,(H,23,27)(H,25,26). The molecule has 0 aromatic heterocycles. The van der Waals surface area contributed by atoms with Crippen LogP contribution < -0.4 is 5.32 Å². The molecule has 1 fully saturated rings. The van der Waals surface area contributed by atoms with Crippen molar-refractivity contribution in [2.24, 2.45) is 0 Å². The number of nitrogens with one attached hydrogen (secondary N) is 1. The highest BCUT2D eigenvalue weighted by Crippen LogP contribution is 2.30. The lowest BCUT2D eigenvalue weighted by molar-refractivity contribution is -0.131. The minimum atomic E-state index is -1.02. The summed E-state index contributed by atoms with van der Waals surface area (Å²) < 4.78 is 5.58. The molecule has 6 nitrogen and oxygen atoms in total. The molecular formula is C22H24N2O4. The molecule has 0 saturated carbocycles. The fourth-order valence-corrected chi connectivity index (χ4v) is 3.20. The summed E-state index contributed by atoms with van der Waals surface area (Å²) in [4.78, 5) is 25.5. The maximum absolute atomic E-state index is 12.5. The molecule has 0 unspecified atom stereocenters. The van der Waals surface area contributed by atoms with Gasteiger partial charge < -0.3 is 14.7 Å². The van der Waals surface area contributed by atoms with Crippen LogP contribution in [0.25, 0.3) is 17.2 Å². The molecular weight excluding hydrogens is 356 g/mol. The Morgan fingerprint density at radius 2 is 1.86 bits per heavy atom. The van der Waals surface area contributed by atoms with Crippen molar-refractivity contribution in [2.45, 2.75) is 18.9 Å². The van der Waals surface area contributed by atoms with Crippen LogP contribution in [0.1, 0.15) is 18.4 Å². The molecule has 0 radical (unpaired) electrons. The van der Waals surface area contributed by atoms with Gasteiger partial charge in [-0.15, -0.1) is 0 Å². The third kappa shape index (κ3) is 5.44. The summed E-state index contributed by atoms with van der Waals surface area (Å²) >= 11 is 0. The summed E-state index contributed by atoms with van der Waals surface area (Å²) in [6.45, 7) is 1.81. The van der Waals surface area contributed by atoms with Gasteiger partial charge in [-0.25, -0.2) is 9.59 Å². The van der Waals surface area contributed by atoms with Crippen LogP contribution in [-0.4, -0.2) is 48.3 Å². The third-order valence-electron chi connectivity index (χ3n) is 4.72. The summed E-state index contributed by atoms with van der Waals surface area (Å²) in [6, 6.07) is 15.1. The Labute approximate surface area is 164 Å².